The molecule has 0 aliphatic carbocycles. The standard InChI is InChI=1S/C11H16N2O3S/c1-13-11(14)8-17(15,16)7-10-5-3-2-4-9(10)6-12/h2-5H,6-8,12H2,1H3,(H,13,14). The van der Waals surface area contributed by atoms with Crippen molar-refractivity contribution in [1.82, 2.24) is 5.32 Å². The Kier molecular flexibility index (Phi) is 4.65. The molecule has 0 saturated heterocycles. The molecule has 0 radical (unpaired) electrons. The summed E-state index contributed by atoms with van der Waals surface area (Å²) < 4.78 is 23.5. The molecule has 17 heavy (non-hydrogen) atoms. The van der Waals surface area contributed by atoms with E-state index in [4.69, 9.17) is 5.73 Å². The topological polar surface area (TPSA) is 89.3 Å². The first-order chi connectivity index (χ1) is 7.98. The number of nitrogens with two attached hydrogens (primary N) is 1. The molecule has 1 aromatic carbocycles. The van der Waals surface area contributed by atoms with Gasteiger partial charge in [-0.2, -0.15) is 0 Å². The van der Waals surface area contributed by atoms with Gasteiger partial charge in [0.05, 0.1) is 5.75 Å². The maximum absolute atomic E-state index is 11.7. The van der Waals surface area contributed by atoms with E-state index in [1.807, 2.05) is 0 Å². The van der Waals surface area contributed by atoms with Crippen LogP contribution in [0.3, 0.4) is 0 Å². The first-order valence-corrected chi connectivity index (χ1v) is 6.98. The number of carbonyl (C=O) groups is 1. The van der Waals surface area contributed by atoms with Crippen molar-refractivity contribution in [2.45, 2.75) is 12.3 Å². The van der Waals surface area contributed by atoms with Gasteiger partial charge in [0, 0.05) is 13.6 Å². The lowest BCUT2D eigenvalue weighted by Crippen LogP contribution is -2.27. The number of carbonyl (C=O) groups excluding carboxylic acids is 1. The van der Waals surface area contributed by atoms with E-state index in [0.29, 0.717) is 5.56 Å². The quantitative estimate of drug-likeness (QED) is 0.764. The van der Waals surface area contributed by atoms with Gasteiger partial charge in [0.25, 0.3) is 0 Å². The molecular weight excluding hydrogens is 240 g/mol. The molecule has 0 saturated carbocycles. The number of amides is 1. The van der Waals surface area contributed by atoms with Crippen LogP contribution in [0.1, 0.15) is 11.1 Å². The van der Waals surface area contributed by atoms with Gasteiger partial charge in [0.15, 0.2) is 9.84 Å². The maximum atomic E-state index is 11.7. The molecule has 3 N–H and O–H groups in total. The smallest absolute Gasteiger partial charge is 0.234 e. The molecule has 0 spiro atoms. The Labute approximate surface area is 101 Å². The summed E-state index contributed by atoms with van der Waals surface area (Å²) in [6.07, 6.45) is 0. The minimum Gasteiger partial charge on any atom is -0.358 e. The number of nitrogens with one attached hydrogen (secondary N) is 1. The molecule has 6 heteroatoms. The molecule has 1 amide bonds. The van der Waals surface area contributed by atoms with E-state index in [2.05, 4.69) is 5.32 Å². The summed E-state index contributed by atoms with van der Waals surface area (Å²) in [7, 11) is -2.04. The summed E-state index contributed by atoms with van der Waals surface area (Å²) in [6.45, 7) is 0.283. The summed E-state index contributed by atoms with van der Waals surface area (Å²) >= 11 is 0. The van der Waals surface area contributed by atoms with Crippen molar-refractivity contribution in [2.75, 3.05) is 12.8 Å². The highest BCUT2D eigenvalue weighted by molar-refractivity contribution is 7.91. The van der Waals surface area contributed by atoms with Crippen LogP contribution in [0.4, 0.5) is 0 Å². The van der Waals surface area contributed by atoms with E-state index < -0.39 is 21.5 Å². The first kappa shape index (κ1) is 13.7. The average Bonchev–Trinajstić information content (AvgIpc) is 2.28. The Balaban J connectivity index is 2.86. The van der Waals surface area contributed by atoms with Crippen molar-refractivity contribution in [1.29, 1.82) is 0 Å². The number of benzene rings is 1. The molecular formula is C11H16N2O3S. The third kappa shape index (κ3) is 4.16. The second kappa shape index (κ2) is 5.79. The van der Waals surface area contributed by atoms with E-state index in [1.165, 1.54) is 7.05 Å². The predicted molar refractivity (Wildman–Crippen MR) is 65.9 cm³/mol. The molecule has 94 valence electrons. The molecule has 0 aliphatic heterocycles. The van der Waals surface area contributed by atoms with Crippen LogP contribution < -0.4 is 11.1 Å². The first-order valence-electron chi connectivity index (χ1n) is 5.16. The van der Waals surface area contributed by atoms with Crippen LogP contribution in [0.15, 0.2) is 24.3 Å². The van der Waals surface area contributed by atoms with Crippen LogP contribution in [0.25, 0.3) is 0 Å². The van der Waals surface area contributed by atoms with E-state index >= 15 is 0 Å². The molecule has 0 bridgehead atoms. The normalized spacial score (nSPS) is 11.2. The SMILES string of the molecule is CNC(=O)CS(=O)(=O)Cc1ccccc1CN. The number of rotatable bonds is 5. The molecule has 5 nitrogen and oxygen atoms in total. The minimum absolute atomic E-state index is 0.159. The van der Waals surface area contributed by atoms with Crippen LogP contribution in [0.5, 0.6) is 0 Å². The third-order valence-corrected chi connectivity index (χ3v) is 3.80. The molecule has 0 aromatic heterocycles. The Hall–Kier alpha value is -1.40. The van der Waals surface area contributed by atoms with E-state index in [1.54, 1.807) is 24.3 Å². The second-order valence-electron chi connectivity index (χ2n) is 3.68. The van der Waals surface area contributed by atoms with Crippen molar-refractivity contribution in [2.24, 2.45) is 5.73 Å². The van der Waals surface area contributed by atoms with Gasteiger partial charge in [0.2, 0.25) is 5.91 Å². The van der Waals surface area contributed by atoms with Gasteiger partial charge < -0.3 is 11.1 Å². The fourth-order valence-corrected chi connectivity index (χ4v) is 2.86. The third-order valence-electron chi connectivity index (χ3n) is 2.34. The Morgan fingerprint density at radius 2 is 1.88 bits per heavy atom. The zero-order valence-electron chi connectivity index (χ0n) is 9.64. The predicted octanol–water partition coefficient (Wildman–Crippen LogP) is -0.194. The lowest BCUT2D eigenvalue weighted by atomic mass is 10.1. The maximum Gasteiger partial charge on any atom is 0.234 e. The fourth-order valence-electron chi connectivity index (χ4n) is 1.46. The molecule has 0 heterocycles. The van der Waals surface area contributed by atoms with Crippen molar-refractivity contribution in [3.63, 3.8) is 0 Å². The Morgan fingerprint density at radius 3 is 2.41 bits per heavy atom. The largest absolute Gasteiger partial charge is 0.358 e. The Bertz CT molecular complexity index is 497. The van der Waals surface area contributed by atoms with Crippen LogP contribution in [-0.4, -0.2) is 27.1 Å². The highest BCUT2D eigenvalue weighted by Gasteiger charge is 2.17. The van der Waals surface area contributed by atoms with E-state index in [-0.39, 0.29) is 12.3 Å². The molecule has 0 fully saturated rings. The van der Waals surface area contributed by atoms with E-state index in [9.17, 15) is 13.2 Å². The second-order valence-corrected chi connectivity index (χ2v) is 5.74. The van der Waals surface area contributed by atoms with Crippen molar-refractivity contribution in [3.8, 4) is 0 Å². The summed E-state index contributed by atoms with van der Waals surface area (Å²) in [6, 6.07) is 7.05. The van der Waals surface area contributed by atoms with Crippen LogP contribution in [-0.2, 0) is 26.9 Å². The Morgan fingerprint density at radius 1 is 1.29 bits per heavy atom. The molecule has 0 atom stereocenters. The summed E-state index contributed by atoms with van der Waals surface area (Å²) in [5.74, 6) is -1.16. The van der Waals surface area contributed by atoms with Crippen LogP contribution in [0.2, 0.25) is 0 Å². The summed E-state index contributed by atoms with van der Waals surface area (Å²) in [5.41, 5.74) is 6.96. The zero-order valence-corrected chi connectivity index (χ0v) is 10.5. The van der Waals surface area contributed by atoms with Crippen LogP contribution >= 0.6 is 0 Å². The monoisotopic (exact) mass is 256 g/mol. The zero-order chi connectivity index (χ0) is 12.9. The van der Waals surface area contributed by atoms with Crippen LogP contribution in [0, 0.1) is 0 Å². The summed E-state index contributed by atoms with van der Waals surface area (Å²) in [5, 5.41) is 2.29. The van der Waals surface area contributed by atoms with Crippen molar-refractivity contribution >= 4 is 15.7 Å². The molecule has 1 rings (SSSR count). The highest BCUT2D eigenvalue weighted by atomic mass is 32.2. The van der Waals surface area contributed by atoms with Crippen molar-refractivity contribution in [3.05, 3.63) is 35.4 Å². The van der Waals surface area contributed by atoms with Crippen molar-refractivity contribution < 1.29 is 13.2 Å². The van der Waals surface area contributed by atoms with Gasteiger partial charge in [-0.05, 0) is 11.1 Å². The van der Waals surface area contributed by atoms with Gasteiger partial charge >= 0.3 is 0 Å². The number of hydrogen-bond donors (Lipinski definition) is 2. The fraction of sp³-hybridized carbons (Fsp3) is 0.364. The van der Waals surface area contributed by atoms with Gasteiger partial charge in [-0.3, -0.25) is 4.79 Å². The molecule has 1 aromatic rings. The van der Waals surface area contributed by atoms with Gasteiger partial charge in [-0.1, -0.05) is 24.3 Å². The summed E-state index contributed by atoms with van der Waals surface area (Å²) in [4.78, 5) is 11.1. The van der Waals surface area contributed by atoms with Gasteiger partial charge in [-0.15, -0.1) is 0 Å². The van der Waals surface area contributed by atoms with Gasteiger partial charge in [-0.25, -0.2) is 8.42 Å². The number of hydrogen-bond acceptors (Lipinski definition) is 4. The lowest BCUT2D eigenvalue weighted by Gasteiger charge is -2.08. The minimum atomic E-state index is -3.45. The highest BCUT2D eigenvalue weighted by Crippen LogP contribution is 2.12. The molecule has 0 aliphatic rings. The van der Waals surface area contributed by atoms with Gasteiger partial charge in [0.1, 0.15) is 5.75 Å². The molecule has 0 unspecified atom stereocenters. The average molecular weight is 256 g/mol. The van der Waals surface area contributed by atoms with E-state index in [0.717, 1.165) is 5.56 Å². The number of sulfone groups is 1. The lowest BCUT2D eigenvalue weighted by molar-refractivity contribution is -0.118.